The molecule has 0 radical (unpaired) electrons. The Hall–Kier alpha value is -1.02. The van der Waals surface area contributed by atoms with E-state index >= 15 is 0 Å². The van der Waals surface area contributed by atoms with Crippen molar-refractivity contribution in [2.24, 2.45) is 0 Å². The molecule has 16 heavy (non-hydrogen) atoms. The molecule has 0 bridgehead atoms. The van der Waals surface area contributed by atoms with Crippen molar-refractivity contribution in [1.29, 1.82) is 0 Å². The fourth-order valence-corrected chi connectivity index (χ4v) is 2.43. The molecule has 0 spiro atoms. The predicted molar refractivity (Wildman–Crippen MR) is 66.9 cm³/mol. The lowest BCUT2D eigenvalue weighted by Gasteiger charge is -2.22. The Kier molecular flexibility index (Phi) is 3.83. The van der Waals surface area contributed by atoms with Crippen LogP contribution >= 0.6 is 0 Å². The van der Waals surface area contributed by atoms with E-state index in [9.17, 15) is 0 Å². The summed E-state index contributed by atoms with van der Waals surface area (Å²) in [5, 5.41) is 3.50. The van der Waals surface area contributed by atoms with Gasteiger partial charge in [0.25, 0.3) is 0 Å². The van der Waals surface area contributed by atoms with Crippen molar-refractivity contribution >= 4 is 0 Å². The largest absolute Gasteiger partial charge is 0.489 e. The molecule has 2 heteroatoms. The zero-order valence-corrected chi connectivity index (χ0v) is 10.2. The number of ether oxygens (including phenoxy) is 1. The van der Waals surface area contributed by atoms with E-state index in [1.165, 1.54) is 24.8 Å². The van der Waals surface area contributed by atoms with Crippen LogP contribution in [0.5, 0.6) is 5.75 Å². The molecule has 0 aliphatic heterocycles. The van der Waals surface area contributed by atoms with Crippen molar-refractivity contribution in [3.8, 4) is 5.75 Å². The van der Waals surface area contributed by atoms with Crippen molar-refractivity contribution in [1.82, 2.24) is 5.32 Å². The van der Waals surface area contributed by atoms with Crippen LogP contribution in [0.3, 0.4) is 0 Å². The molecule has 1 saturated carbocycles. The van der Waals surface area contributed by atoms with Gasteiger partial charge < -0.3 is 10.1 Å². The van der Waals surface area contributed by atoms with E-state index in [4.69, 9.17) is 4.74 Å². The predicted octanol–water partition coefficient (Wildman–Crippen LogP) is 2.90. The van der Waals surface area contributed by atoms with Crippen LogP contribution in [0, 0.1) is 6.92 Å². The summed E-state index contributed by atoms with van der Waals surface area (Å²) >= 11 is 0. The summed E-state index contributed by atoms with van der Waals surface area (Å²) < 4.78 is 6.06. The SMILES string of the molecule is CCNC1CCCC1Oc1cccc(C)c1. The summed E-state index contributed by atoms with van der Waals surface area (Å²) in [6.07, 6.45) is 4.03. The molecule has 2 unspecified atom stereocenters. The lowest BCUT2D eigenvalue weighted by molar-refractivity contribution is 0.176. The molecule has 1 fully saturated rings. The topological polar surface area (TPSA) is 21.3 Å². The Labute approximate surface area is 98.0 Å². The van der Waals surface area contributed by atoms with Crippen LogP contribution in [0.1, 0.15) is 31.7 Å². The quantitative estimate of drug-likeness (QED) is 0.840. The molecule has 0 amide bonds. The minimum absolute atomic E-state index is 0.349. The van der Waals surface area contributed by atoms with E-state index in [1.807, 2.05) is 6.07 Å². The van der Waals surface area contributed by atoms with Crippen molar-refractivity contribution in [3.05, 3.63) is 29.8 Å². The van der Waals surface area contributed by atoms with Gasteiger partial charge in [-0.25, -0.2) is 0 Å². The third kappa shape index (κ3) is 2.76. The molecular formula is C14H21NO. The van der Waals surface area contributed by atoms with Crippen LogP contribution in [0.25, 0.3) is 0 Å². The van der Waals surface area contributed by atoms with Crippen LogP contribution in [0.2, 0.25) is 0 Å². The number of likely N-dealkylation sites (N-methyl/N-ethyl adjacent to an activating group) is 1. The molecule has 0 aromatic heterocycles. The molecule has 88 valence electrons. The van der Waals surface area contributed by atoms with Crippen molar-refractivity contribution in [3.63, 3.8) is 0 Å². The number of hydrogen-bond donors (Lipinski definition) is 1. The van der Waals surface area contributed by atoms with Gasteiger partial charge in [0, 0.05) is 6.04 Å². The average Bonchev–Trinajstić information content (AvgIpc) is 2.66. The highest BCUT2D eigenvalue weighted by atomic mass is 16.5. The van der Waals surface area contributed by atoms with Gasteiger partial charge in [-0.2, -0.15) is 0 Å². The maximum Gasteiger partial charge on any atom is 0.120 e. The summed E-state index contributed by atoms with van der Waals surface area (Å²) in [5.74, 6) is 1.01. The third-order valence-electron chi connectivity index (χ3n) is 3.20. The molecule has 2 nitrogen and oxygen atoms in total. The summed E-state index contributed by atoms with van der Waals surface area (Å²) in [6.45, 7) is 5.28. The first-order valence-corrected chi connectivity index (χ1v) is 6.26. The van der Waals surface area contributed by atoms with Crippen LogP contribution < -0.4 is 10.1 Å². The van der Waals surface area contributed by atoms with Gasteiger partial charge >= 0.3 is 0 Å². The lowest BCUT2D eigenvalue weighted by Crippen LogP contribution is -2.38. The number of hydrogen-bond acceptors (Lipinski definition) is 2. The van der Waals surface area contributed by atoms with Gasteiger partial charge in [-0.05, 0) is 50.4 Å². The van der Waals surface area contributed by atoms with E-state index in [0.29, 0.717) is 12.1 Å². The van der Waals surface area contributed by atoms with Gasteiger partial charge in [-0.3, -0.25) is 0 Å². The average molecular weight is 219 g/mol. The highest BCUT2D eigenvalue weighted by Gasteiger charge is 2.27. The monoisotopic (exact) mass is 219 g/mol. The molecule has 2 rings (SSSR count). The van der Waals surface area contributed by atoms with Gasteiger partial charge in [-0.15, -0.1) is 0 Å². The third-order valence-corrected chi connectivity index (χ3v) is 3.20. The summed E-state index contributed by atoms with van der Waals surface area (Å²) in [5.41, 5.74) is 1.26. The zero-order valence-electron chi connectivity index (χ0n) is 10.2. The first-order chi connectivity index (χ1) is 7.79. The smallest absolute Gasteiger partial charge is 0.120 e. The molecule has 0 saturated heterocycles. The van der Waals surface area contributed by atoms with Gasteiger partial charge in [-0.1, -0.05) is 19.1 Å². The van der Waals surface area contributed by atoms with Crippen molar-refractivity contribution in [2.45, 2.75) is 45.3 Å². The van der Waals surface area contributed by atoms with Crippen LogP contribution in [0.4, 0.5) is 0 Å². The normalized spacial score (nSPS) is 24.6. The Morgan fingerprint density at radius 1 is 1.38 bits per heavy atom. The molecule has 2 atom stereocenters. The fourth-order valence-electron chi connectivity index (χ4n) is 2.43. The van der Waals surface area contributed by atoms with Gasteiger partial charge in [0.1, 0.15) is 11.9 Å². The second-order valence-electron chi connectivity index (χ2n) is 4.57. The van der Waals surface area contributed by atoms with Gasteiger partial charge in [0.05, 0.1) is 0 Å². The highest BCUT2D eigenvalue weighted by Crippen LogP contribution is 2.25. The van der Waals surface area contributed by atoms with Crippen LogP contribution in [0.15, 0.2) is 24.3 Å². The molecule has 1 aliphatic carbocycles. The minimum Gasteiger partial charge on any atom is -0.489 e. The van der Waals surface area contributed by atoms with Crippen LogP contribution in [-0.4, -0.2) is 18.7 Å². The Balaban J connectivity index is 1.98. The standard InChI is InChI=1S/C14H21NO/c1-3-15-13-8-5-9-14(13)16-12-7-4-6-11(2)10-12/h4,6-7,10,13-15H,3,5,8-9H2,1-2H3. The van der Waals surface area contributed by atoms with E-state index in [-0.39, 0.29) is 0 Å². The van der Waals surface area contributed by atoms with E-state index in [1.54, 1.807) is 0 Å². The number of aryl methyl sites for hydroxylation is 1. The molecule has 0 heterocycles. The number of rotatable bonds is 4. The minimum atomic E-state index is 0.349. The highest BCUT2D eigenvalue weighted by molar-refractivity contribution is 5.27. The van der Waals surface area contributed by atoms with Gasteiger partial charge in [0.2, 0.25) is 0 Å². The Morgan fingerprint density at radius 3 is 3.00 bits per heavy atom. The Bertz CT molecular complexity index is 337. The molecule has 1 aliphatic rings. The van der Waals surface area contributed by atoms with E-state index in [0.717, 1.165) is 12.3 Å². The Morgan fingerprint density at radius 2 is 2.25 bits per heavy atom. The summed E-state index contributed by atoms with van der Waals surface area (Å²) in [7, 11) is 0. The van der Waals surface area contributed by atoms with Crippen LogP contribution in [-0.2, 0) is 0 Å². The number of nitrogens with one attached hydrogen (secondary N) is 1. The summed E-state index contributed by atoms with van der Waals surface area (Å²) in [6, 6.07) is 8.85. The first kappa shape index (κ1) is 11.5. The molecule has 1 N–H and O–H groups in total. The lowest BCUT2D eigenvalue weighted by atomic mass is 10.2. The zero-order chi connectivity index (χ0) is 11.4. The molecule has 1 aromatic rings. The van der Waals surface area contributed by atoms with Gasteiger partial charge in [0.15, 0.2) is 0 Å². The van der Waals surface area contributed by atoms with E-state index in [2.05, 4.69) is 37.4 Å². The molecule has 1 aromatic carbocycles. The maximum atomic E-state index is 6.06. The fraction of sp³-hybridized carbons (Fsp3) is 0.571. The molecular weight excluding hydrogens is 198 g/mol. The first-order valence-electron chi connectivity index (χ1n) is 6.26. The van der Waals surface area contributed by atoms with Crippen molar-refractivity contribution in [2.75, 3.05) is 6.54 Å². The maximum absolute atomic E-state index is 6.06. The number of benzene rings is 1. The second kappa shape index (κ2) is 5.35. The second-order valence-corrected chi connectivity index (χ2v) is 4.57. The van der Waals surface area contributed by atoms with Crippen molar-refractivity contribution < 1.29 is 4.74 Å². The van der Waals surface area contributed by atoms with E-state index < -0.39 is 0 Å². The summed E-state index contributed by atoms with van der Waals surface area (Å²) in [4.78, 5) is 0.